The summed E-state index contributed by atoms with van der Waals surface area (Å²) in [6, 6.07) is 12.7. The van der Waals surface area contributed by atoms with Crippen molar-refractivity contribution >= 4 is 27.6 Å². The fourth-order valence-electron chi connectivity index (χ4n) is 3.34. The second-order valence-corrected chi connectivity index (χ2v) is 7.78. The molecule has 5 nitrogen and oxygen atoms in total. The molecule has 3 rings (SSSR count). The van der Waals surface area contributed by atoms with Gasteiger partial charge in [-0.3, -0.25) is 4.79 Å². The summed E-state index contributed by atoms with van der Waals surface area (Å²) in [5, 5.41) is 0.579. The zero-order valence-electron chi connectivity index (χ0n) is 13.6. The van der Waals surface area contributed by atoms with Gasteiger partial charge in [0.25, 0.3) is 0 Å². The van der Waals surface area contributed by atoms with E-state index >= 15 is 0 Å². The van der Waals surface area contributed by atoms with Gasteiger partial charge in [-0.15, -0.1) is 0 Å². The van der Waals surface area contributed by atoms with Crippen LogP contribution in [-0.2, 0) is 14.9 Å². The number of nitrogens with zero attached hydrogens (tertiary/aromatic N) is 1. The third-order valence-electron chi connectivity index (χ3n) is 4.40. The van der Waals surface area contributed by atoms with Crippen LogP contribution in [0, 0.1) is 0 Å². The Morgan fingerprint density at radius 2 is 1.76 bits per heavy atom. The number of carbonyl (C=O) groups excluding carboxylic acids is 1. The molecule has 2 aromatic carbocycles. The normalized spacial score (nSPS) is 20.4. The molecule has 2 aromatic rings. The Kier molecular flexibility index (Phi) is 4.86. The van der Waals surface area contributed by atoms with Crippen molar-refractivity contribution < 1.29 is 17.8 Å². The van der Waals surface area contributed by atoms with E-state index in [4.69, 9.17) is 11.6 Å². The van der Waals surface area contributed by atoms with Crippen molar-refractivity contribution in [2.24, 2.45) is 0 Å². The van der Waals surface area contributed by atoms with Gasteiger partial charge < -0.3 is 9.45 Å². The third kappa shape index (κ3) is 3.29. The van der Waals surface area contributed by atoms with Gasteiger partial charge in [0, 0.05) is 11.6 Å². The number of β-lactam (4-membered cyclic amide) rings is 1. The van der Waals surface area contributed by atoms with Gasteiger partial charge >= 0.3 is 0 Å². The lowest BCUT2D eigenvalue weighted by Gasteiger charge is -2.48. The van der Waals surface area contributed by atoms with E-state index in [1.54, 1.807) is 29.2 Å². The Balaban J connectivity index is 2.09. The van der Waals surface area contributed by atoms with Crippen molar-refractivity contribution in [2.75, 3.05) is 6.54 Å². The lowest BCUT2D eigenvalue weighted by molar-refractivity contribution is -0.150. The van der Waals surface area contributed by atoms with E-state index in [1.165, 1.54) is 12.1 Å². The van der Waals surface area contributed by atoms with Crippen LogP contribution in [0.1, 0.15) is 36.4 Å². The Bertz CT molecular complexity index is 896. The second-order valence-electron chi connectivity index (χ2n) is 6.00. The molecule has 0 bridgehead atoms. The number of carbonyl (C=O) groups is 1. The van der Waals surface area contributed by atoms with Crippen LogP contribution >= 0.6 is 11.6 Å². The van der Waals surface area contributed by atoms with Crippen molar-refractivity contribution in [3.63, 3.8) is 0 Å². The highest BCUT2D eigenvalue weighted by molar-refractivity contribution is 7.85. The fraction of sp³-hybridized carbons (Fsp3) is 0.278. The SMILES string of the molecule is CCCN1C(=O)[C@H](c2ccccc2S(=O)(=O)[O-])[C@H]1c1ccc(Cl)cc1. The Morgan fingerprint density at radius 1 is 1.12 bits per heavy atom. The van der Waals surface area contributed by atoms with Crippen LogP contribution < -0.4 is 0 Å². The minimum Gasteiger partial charge on any atom is -0.744 e. The molecular weight excluding hydrogens is 362 g/mol. The first kappa shape index (κ1) is 17.9. The topological polar surface area (TPSA) is 77.5 Å². The van der Waals surface area contributed by atoms with Crippen LogP contribution in [0.2, 0.25) is 5.02 Å². The van der Waals surface area contributed by atoms with E-state index in [0.717, 1.165) is 12.0 Å². The lowest BCUT2D eigenvalue weighted by Crippen LogP contribution is -2.53. The second kappa shape index (κ2) is 6.78. The summed E-state index contributed by atoms with van der Waals surface area (Å²) in [5.74, 6) is -0.856. The van der Waals surface area contributed by atoms with Crippen molar-refractivity contribution in [2.45, 2.75) is 30.2 Å². The van der Waals surface area contributed by atoms with Gasteiger partial charge in [-0.25, -0.2) is 8.42 Å². The molecular formula is C18H17ClNO4S-. The van der Waals surface area contributed by atoms with Gasteiger partial charge in [0.1, 0.15) is 10.1 Å². The maximum Gasteiger partial charge on any atom is 0.233 e. The van der Waals surface area contributed by atoms with E-state index in [-0.39, 0.29) is 22.4 Å². The molecule has 1 saturated heterocycles. The van der Waals surface area contributed by atoms with Crippen molar-refractivity contribution in [3.05, 3.63) is 64.7 Å². The maximum atomic E-state index is 12.7. The summed E-state index contributed by atoms with van der Waals surface area (Å²) in [5.41, 5.74) is 1.12. The van der Waals surface area contributed by atoms with Gasteiger partial charge in [0.2, 0.25) is 5.91 Å². The first-order valence-electron chi connectivity index (χ1n) is 7.95. The van der Waals surface area contributed by atoms with E-state index in [9.17, 15) is 17.8 Å². The van der Waals surface area contributed by atoms with Crippen LogP contribution in [0.25, 0.3) is 0 Å². The highest BCUT2D eigenvalue weighted by atomic mass is 35.5. The smallest absolute Gasteiger partial charge is 0.233 e. The van der Waals surface area contributed by atoms with Gasteiger partial charge in [0.05, 0.1) is 16.9 Å². The lowest BCUT2D eigenvalue weighted by atomic mass is 9.77. The summed E-state index contributed by atoms with van der Waals surface area (Å²) >= 11 is 5.94. The van der Waals surface area contributed by atoms with E-state index in [0.29, 0.717) is 11.6 Å². The third-order valence-corrected chi connectivity index (χ3v) is 5.56. The van der Waals surface area contributed by atoms with Crippen LogP contribution in [0.5, 0.6) is 0 Å². The largest absolute Gasteiger partial charge is 0.744 e. The predicted molar refractivity (Wildman–Crippen MR) is 93.3 cm³/mol. The summed E-state index contributed by atoms with van der Waals surface area (Å²) in [6.07, 6.45) is 0.782. The Labute approximate surface area is 152 Å². The Morgan fingerprint density at radius 3 is 2.36 bits per heavy atom. The number of likely N-dealkylation sites (tertiary alicyclic amines) is 1. The molecule has 0 N–H and O–H groups in total. The molecule has 0 radical (unpaired) electrons. The molecule has 1 aliphatic heterocycles. The van der Waals surface area contributed by atoms with Crippen LogP contribution in [-0.4, -0.2) is 30.3 Å². The van der Waals surface area contributed by atoms with Gasteiger partial charge in [-0.2, -0.15) is 0 Å². The molecule has 1 amide bonds. The molecule has 0 saturated carbocycles. The first-order chi connectivity index (χ1) is 11.8. The van der Waals surface area contributed by atoms with E-state index in [2.05, 4.69) is 0 Å². The molecule has 2 atom stereocenters. The number of rotatable bonds is 5. The molecule has 1 fully saturated rings. The minimum atomic E-state index is -4.66. The van der Waals surface area contributed by atoms with Gasteiger partial charge in [-0.1, -0.05) is 48.9 Å². The fourth-order valence-corrected chi connectivity index (χ4v) is 4.19. The molecule has 7 heteroatoms. The highest BCUT2D eigenvalue weighted by Gasteiger charge is 2.49. The van der Waals surface area contributed by atoms with E-state index in [1.807, 2.05) is 19.1 Å². The minimum absolute atomic E-state index is 0.169. The number of hydrogen-bond donors (Lipinski definition) is 0. The van der Waals surface area contributed by atoms with Crippen molar-refractivity contribution in [1.82, 2.24) is 4.90 Å². The number of hydrogen-bond acceptors (Lipinski definition) is 4. The molecule has 1 heterocycles. The summed E-state index contributed by atoms with van der Waals surface area (Å²) in [4.78, 5) is 14.1. The quantitative estimate of drug-likeness (QED) is 0.590. The molecule has 132 valence electrons. The zero-order valence-corrected chi connectivity index (χ0v) is 15.1. The molecule has 0 aliphatic carbocycles. The summed E-state index contributed by atoms with van der Waals surface area (Å²) in [7, 11) is -4.66. The average molecular weight is 379 g/mol. The standard InChI is InChI=1S/C18H18ClNO4S/c1-2-11-20-17(12-7-9-13(19)10-8-12)16(18(20)21)14-5-3-4-6-15(14)25(22,23)24/h3-10,16-17H,2,11H2,1H3,(H,22,23,24)/p-1/t16-,17-/m1/s1. The maximum absolute atomic E-state index is 12.7. The number of benzene rings is 2. The van der Waals surface area contributed by atoms with Crippen molar-refractivity contribution in [3.8, 4) is 0 Å². The summed E-state index contributed by atoms with van der Waals surface area (Å²) < 4.78 is 34.8. The molecule has 1 aliphatic rings. The van der Waals surface area contributed by atoms with Crippen LogP contribution in [0.3, 0.4) is 0 Å². The van der Waals surface area contributed by atoms with E-state index < -0.39 is 16.0 Å². The summed E-state index contributed by atoms with van der Waals surface area (Å²) in [6.45, 7) is 2.53. The molecule has 0 unspecified atom stereocenters. The zero-order chi connectivity index (χ0) is 18.2. The van der Waals surface area contributed by atoms with Crippen LogP contribution in [0.15, 0.2) is 53.4 Å². The Hall–Kier alpha value is -1.89. The average Bonchev–Trinajstić information content (AvgIpc) is 2.57. The van der Waals surface area contributed by atoms with Gasteiger partial charge in [0.15, 0.2) is 0 Å². The molecule has 0 spiro atoms. The van der Waals surface area contributed by atoms with Gasteiger partial charge in [-0.05, 0) is 35.7 Å². The monoisotopic (exact) mass is 378 g/mol. The number of halogens is 1. The molecule has 25 heavy (non-hydrogen) atoms. The van der Waals surface area contributed by atoms with Crippen molar-refractivity contribution in [1.29, 1.82) is 0 Å². The number of amides is 1. The molecule has 0 aromatic heterocycles. The first-order valence-corrected chi connectivity index (χ1v) is 9.74. The highest BCUT2D eigenvalue weighted by Crippen LogP contribution is 2.48. The van der Waals surface area contributed by atoms with Crippen LogP contribution in [0.4, 0.5) is 0 Å². The predicted octanol–water partition coefficient (Wildman–Crippen LogP) is 3.32.